The summed E-state index contributed by atoms with van der Waals surface area (Å²) in [6.45, 7) is 4.14. The van der Waals surface area contributed by atoms with Crippen LogP contribution in [0.5, 0.6) is 0 Å². The summed E-state index contributed by atoms with van der Waals surface area (Å²) in [6, 6.07) is 0. The first-order valence-corrected chi connectivity index (χ1v) is 4.42. The lowest BCUT2D eigenvalue weighted by atomic mass is 10.1. The molecule has 0 spiro atoms. The molecule has 0 fully saturated rings. The fourth-order valence-electron chi connectivity index (χ4n) is 1.23. The Labute approximate surface area is 80.3 Å². The second-order valence-corrected chi connectivity index (χ2v) is 3.51. The van der Waals surface area contributed by atoms with Gasteiger partial charge in [0, 0.05) is 0 Å². The highest BCUT2D eigenvalue weighted by atomic mass is 35.5. The molecule has 13 heavy (non-hydrogen) atoms. The smallest absolute Gasteiger partial charge is 0.160 e. The molecule has 0 bridgehead atoms. The van der Waals surface area contributed by atoms with Crippen molar-refractivity contribution in [3.05, 3.63) is 17.2 Å². The Hall–Kier alpha value is -1.16. The molecular formula is C8H9ClN4. The first kappa shape index (κ1) is 8.44. The van der Waals surface area contributed by atoms with Crippen LogP contribution >= 0.6 is 11.6 Å². The maximum absolute atomic E-state index is 5.84. The second kappa shape index (κ2) is 2.96. The Kier molecular flexibility index (Phi) is 1.92. The van der Waals surface area contributed by atoms with Gasteiger partial charge >= 0.3 is 0 Å². The summed E-state index contributed by atoms with van der Waals surface area (Å²) in [5.41, 5.74) is 2.46. The zero-order valence-electron chi connectivity index (χ0n) is 7.37. The number of hydrogen-bond acceptors (Lipinski definition) is 3. The van der Waals surface area contributed by atoms with Gasteiger partial charge in [-0.1, -0.05) is 25.4 Å². The Balaban J connectivity index is 2.75. The lowest BCUT2D eigenvalue weighted by Gasteiger charge is -1.99. The number of fused-ring (bicyclic) bond motifs is 1. The molecule has 5 heteroatoms. The monoisotopic (exact) mass is 196 g/mol. The van der Waals surface area contributed by atoms with E-state index in [9.17, 15) is 0 Å². The van der Waals surface area contributed by atoms with Crippen molar-refractivity contribution in [1.29, 1.82) is 0 Å². The van der Waals surface area contributed by atoms with Gasteiger partial charge in [0.25, 0.3) is 0 Å². The molecule has 4 nitrogen and oxygen atoms in total. The van der Waals surface area contributed by atoms with E-state index >= 15 is 0 Å². The molecule has 0 aliphatic carbocycles. The normalized spacial score (nSPS) is 11.4. The first-order chi connectivity index (χ1) is 6.20. The van der Waals surface area contributed by atoms with Gasteiger partial charge in [0.15, 0.2) is 5.15 Å². The van der Waals surface area contributed by atoms with E-state index < -0.39 is 0 Å². The molecule has 2 aromatic rings. The van der Waals surface area contributed by atoms with E-state index in [2.05, 4.69) is 34.0 Å². The molecule has 0 aliphatic rings. The van der Waals surface area contributed by atoms with Gasteiger partial charge in [-0.15, -0.1) is 0 Å². The van der Waals surface area contributed by atoms with Crippen LogP contribution in [0.15, 0.2) is 6.33 Å². The average Bonchev–Trinajstić information content (AvgIpc) is 2.48. The number of H-pyrrole nitrogens is 1. The fraction of sp³-hybridized carbons (Fsp3) is 0.375. The largest absolute Gasteiger partial charge is 0.279 e. The molecule has 0 amide bonds. The minimum atomic E-state index is 0.357. The summed E-state index contributed by atoms with van der Waals surface area (Å²) >= 11 is 5.84. The Bertz CT molecular complexity index is 435. The molecule has 0 unspecified atom stereocenters. The quantitative estimate of drug-likeness (QED) is 0.711. The molecule has 0 radical (unpaired) electrons. The van der Waals surface area contributed by atoms with E-state index in [0.717, 1.165) is 11.2 Å². The maximum atomic E-state index is 5.84. The van der Waals surface area contributed by atoms with Crippen molar-refractivity contribution in [3.8, 4) is 0 Å². The van der Waals surface area contributed by atoms with Crippen molar-refractivity contribution in [3.63, 3.8) is 0 Å². The fourth-order valence-corrected chi connectivity index (χ4v) is 1.40. The summed E-state index contributed by atoms with van der Waals surface area (Å²) < 4.78 is 0. The topological polar surface area (TPSA) is 54.5 Å². The third kappa shape index (κ3) is 1.27. The molecule has 2 aromatic heterocycles. The predicted molar refractivity (Wildman–Crippen MR) is 50.8 cm³/mol. The van der Waals surface area contributed by atoms with Crippen molar-refractivity contribution < 1.29 is 0 Å². The summed E-state index contributed by atoms with van der Waals surface area (Å²) in [6.07, 6.45) is 1.45. The van der Waals surface area contributed by atoms with Crippen molar-refractivity contribution in [2.75, 3.05) is 0 Å². The van der Waals surface area contributed by atoms with Crippen LogP contribution in [0.25, 0.3) is 11.0 Å². The molecule has 0 saturated heterocycles. The molecule has 0 aliphatic heterocycles. The third-order valence-corrected chi connectivity index (χ3v) is 2.17. The van der Waals surface area contributed by atoms with Gasteiger partial charge in [0.1, 0.15) is 17.4 Å². The van der Waals surface area contributed by atoms with E-state index in [4.69, 9.17) is 11.6 Å². The van der Waals surface area contributed by atoms with Crippen LogP contribution in [0.2, 0.25) is 5.15 Å². The van der Waals surface area contributed by atoms with Crippen LogP contribution in [-0.4, -0.2) is 20.2 Å². The van der Waals surface area contributed by atoms with Gasteiger partial charge in [-0.05, 0) is 5.92 Å². The van der Waals surface area contributed by atoms with Crippen LogP contribution in [0.4, 0.5) is 0 Å². The highest BCUT2D eigenvalue weighted by Gasteiger charge is 2.12. The van der Waals surface area contributed by atoms with Crippen molar-refractivity contribution in [1.82, 2.24) is 20.2 Å². The number of aromatic nitrogens is 4. The maximum Gasteiger partial charge on any atom is 0.160 e. The first-order valence-electron chi connectivity index (χ1n) is 4.04. The van der Waals surface area contributed by atoms with Crippen LogP contribution in [0, 0.1) is 0 Å². The van der Waals surface area contributed by atoms with E-state index in [-0.39, 0.29) is 0 Å². The van der Waals surface area contributed by atoms with Crippen LogP contribution < -0.4 is 0 Å². The van der Waals surface area contributed by atoms with Gasteiger partial charge < -0.3 is 0 Å². The molecule has 2 rings (SSSR count). The highest BCUT2D eigenvalue weighted by molar-refractivity contribution is 6.33. The van der Waals surface area contributed by atoms with Gasteiger partial charge in [-0.2, -0.15) is 5.10 Å². The summed E-state index contributed by atoms with van der Waals surface area (Å²) in [5, 5.41) is 7.37. The van der Waals surface area contributed by atoms with Crippen LogP contribution in [0.1, 0.15) is 25.5 Å². The molecular weight excluding hydrogens is 188 g/mol. The predicted octanol–water partition coefficient (Wildman–Crippen LogP) is 2.13. The summed E-state index contributed by atoms with van der Waals surface area (Å²) in [4.78, 5) is 7.99. The minimum Gasteiger partial charge on any atom is -0.279 e. The van der Waals surface area contributed by atoms with E-state index in [1.54, 1.807) is 0 Å². The van der Waals surface area contributed by atoms with Crippen molar-refractivity contribution in [2.45, 2.75) is 19.8 Å². The number of hydrogen-bond donors (Lipinski definition) is 1. The number of halogens is 1. The molecule has 1 N–H and O–H groups in total. The zero-order chi connectivity index (χ0) is 9.42. The lowest BCUT2D eigenvalue weighted by Crippen LogP contribution is -1.89. The number of nitrogens with zero attached hydrogens (tertiary/aromatic N) is 3. The second-order valence-electron chi connectivity index (χ2n) is 3.15. The van der Waals surface area contributed by atoms with Gasteiger partial charge in [0.05, 0.1) is 5.69 Å². The van der Waals surface area contributed by atoms with Crippen LogP contribution in [-0.2, 0) is 0 Å². The van der Waals surface area contributed by atoms with Crippen molar-refractivity contribution >= 4 is 22.6 Å². The number of nitrogens with one attached hydrogen (secondary N) is 1. The number of aromatic amines is 1. The molecule has 0 aromatic carbocycles. The molecule has 68 valence electrons. The standard InChI is InChI=1S/C8H9ClN4/c1-4(2)5-6-7(13-12-5)8(9)11-3-10-6/h3-4H,1-2H3,(H,12,13). The van der Waals surface area contributed by atoms with Crippen LogP contribution in [0.3, 0.4) is 0 Å². The molecule has 0 atom stereocenters. The minimum absolute atomic E-state index is 0.357. The Morgan fingerprint density at radius 3 is 2.77 bits per heavy atom. The lowest BCUT2D eigenvalue weighted by molar-refractivity contribution is 0.815. The van der Waals surface area contributed by atoms with Crippen molar-refractivity contribution in [2.24, 2.45) is 0 Å². The highest BCUT2D eigenvalue weighted by Crippen LogP contribution is 2.23. The SMILES string of the molecule is CC(C)c1[nH]nc2c(Cl)ncnc12. The third-order valence-electron chi connectivity index (χ3n) is 1.90. The summed E-state index contributed by atoms with van der Waals surface area (Å²) in [5.74, 6) is 0.357. The Morgan fingerprint density at radius 1 is 1.31 bits per heavy atom. The van der Waals surface area contributed by atoms with E-state index in [1.807, 2.05) is 0 Å². The van der Waals surface area contributed by atoms with Gasteiger partial charge in [-0.3, -0.25) is 5.10 Å². The number of rotatable bonds is 1. The Morgan fingerprint density at radius 2 is 2.08 bits per heavy atom. The molecule has 2 heterocycles. The van der Waals surface area contributed by atoms with E-state index in [1.165, 1.54) is 6.33 Å². The zero-order valence-corrected chi connectivity index (χ0v) is 8.13. The van der Waals surface area contributed by atoms with Gasteiger partial charge in [-0.25, -0.2) is 9.97 Å². The van der Waals surface area contributed by atoms with Gasteiger partial charge in [0.2, 0.25) is 0 Å². The van der Waals surface area contributed by atoms with E-state index in [0.29, 0.717) is 16.6 Å². The average molecular weight is 197 g/mol. The summed E-state index contributed by atoms with van der Waals surface area (Å²) in [7, 11) is 0. The molecule has 0 saturated carbocycles.